The molecule has 3 aromatic carbocycles. The average Bonchev–Trinajstić information content (AvgIpc) is 2.86. The van der Waals surface area contributed by atoms with Crippen LogP contribution in [0, 0.1) is 0 Å². The average molecular weight is 420 g/mol. The molecule has 0 aliphatic carbocycles. The number of benzene rings is 3. The van der Waals surface area contributed by atoms with Crippen LogP contribution >= 0.6 is 23.2 Å². The molecule has 1 saturated heterocycles. The molecule has 0 N–H and O–H groups in total. The summed E-state index contributed by atoms with van der Waals surface area (Å²) in [5.41, 5.74) is 0.843. The molecular formula is C21H13Cl2F2NO2. The summed E-state index contributed by atoms with van der Waals surface area (Å²) in [5, 5.41) is 0.374. The molecule has 1 fully saturated rings. The summed E-state index contributed by atoms with van der Waals surface area (Å²) in [4.78, 5) is 0.934. The second kappa shape index (κ2) is 6.08. The maximum atomic E-state index is 16.0. The summed E-state index contributed by atoms with van der Waals surface area (Å²) in [6.45, 7) is 0. The first kappa shape index (κ1) is 17.7. The van der Waals surface area contributed by atoms with Gasteiger partial charge >= 0.3 is 11.8 Å². The standard InChI is InChI=1S/C21H13Cl2F2NO2/c22-13-10-11-16(17(23)12-13)20-21(24,25)26(14-6-2-1-3-7-14)19(28-20)15-8-4-5-9-18(15)27-20/h1-12,19H. The fraction of sp³-hybridized carbons (Fsp3) is 0.143. The molecule has 2 bridgehead atoms. The van der Waals surface area contributed by atoms with Crippen molar-refractivity contribution in [1.82, 2.24) is 0 Å². The lowest BCUT2D eigenvalue weighted by Gasteiger charge is -2.36. The quantitative estimate of drug-likeness (QED) is 0.450. The van der Waals surface area contributed by atoms with Crippen LogP contribution in [-0.2, 0) is 10.5 Å². The molecule has 3 nitrogen and oxygen atoms in total. The van der Waals surface area contributed by atoms with Gasteiger partial charge in [-0.25, -0.2) is 0 Å². The highest BCUT2D eigenvalue weighted by Gasteiger charge is 2.74. The van der Waals surface area contributed by atoms with Crippen LogP contribution in [0.4, 0.5) is 14.5 Å². The molecule has 5 rings (SSSR count). The Balaban J connectivity index is 1.78. The molecule has 2 heterocycles. The Labute approximate surface area is 170 Å². The van der Waals surface area contributed by atoms with E-state index < -0.39 is 18.1 Å². The summed E-state index contributed by atoms with van der Waals surface area (Å²) in [6.07, 6.45) is -1.05. The molecule has 7 heteroatoms. The van der Waals surface area contributed by atoms with E-state index in [1.807, 2.05) is 0 Å². The predicted octanol–water partition coefficient (Wildman–Crippen LogP) is 6.37. The fourth-order valence-electron chi connectivity index (χ4n) is 3.73. The van der Waals surface area contributed by atoms with E-state index in [1.165, 1.54) is 18.2 Å². The lowest BCUT2D eigenvalue weighted by molar-refractivity contribution is -0.280. The number of fused-ring (bicyclic) bond motifs is 4. The van der Waals surface area contributed by atoms with E-state index in [-0.39, 0.29) is 10.6 Å². The van der Waals surface area contributed by atoms with E-state index in [0.29, 0.717) is 22.0 Å². The van der Waals surface area contributed by atoms with Crippen molar-refractivity contribution in [3.05, 3.63) is 94.0 Å². The van der Waals surface area contributed by atoms with Crippen LogP contribution in [0.2, 0.25) is 10.0 Å². The second-order valence-corrected chi connectivity index (χ2v) is 7.44. The molecule has 0 spiro atoms. The Morgan fingerprint density at radius 2 is 1.61 bits per heavy atom. The van der Waals surface area contributed by atoms with Crippen molar-refractivity contribution in [3.8, 4) is 5.75 Å². The molecule has 3 aromatic rings. The van der Waals surface area contributed by atoms with Crippen LogP contribution < -0.4 is 9.64 Å². The van der Waals surface area contributed by atoms with E-state index in [9.17, 15) is 0 Å². The minimum Gasteiger partial charge on any atom is -0.450 e. The molecule has 2 aliphatic heterocycles. The lowest BCUT2D eigenvalue weighted by Crippen LogP contribution is -2.53. The van der Waals surface area contributed by atoms with E-state index in [1.54, 1.807) is 54.6 Å². The predicted molar refractivity (Wildman–Crippen MR) is 103 cm³/mol. The number of hydrogen-bond acceptors (Lipinski definition) is 3. The second-order valence-electron chi connectivity index (χ2n) is 6.60. The third-order valence-corrected chi connectivity index (χ3v) is 5.52. The van der Waals surface area contributed by atoms with Gasteiger partial charge < -0.3 is 9.47 Å². The molecule has 2 unspecified atom stereocenters. The van der Waals surface area contributed by atoms with Gasteiger partial charge in [-0.3, -0.25) is 4.90 Å². The number of para-hydroxylation sites is 2. The van der Waals surface area contributed by atoms with Crippen LogP contribution in [0.15, 0.2) is 72.8 Å². The number of alkyl halides is 2. The SMILES string of the molecule is FC1(F)N(c2ccccc2)C2OC1(c1ccc(Cl)cc1Cl)Oc1ccccc12. The van der Waals surface area contributed by atoms with E-state index in [4.69, 9.17) is 32.7 Å². The third-order valence-electron chi connectivity index (χ3n) is 4.97. The Hall–Kier alpha value is -2.34. The maximum Gasteiger partial charge on any atom is 0.397 e. The summed E-state index contributed by atoms with van der Waals surface area (Å²) >= 11 is 12.3. The molecule has 2 aliphatic rings. The Kier molecular flexibility index (Phi) is 3.85. The monoisotopic (exact) mass is 419 g/mol. The van der Waals surface area contributed by atoms with Crippen molar-refractivity contribution < 1.29 is 18.3 Å². The van der Waals surface area contributed by atoms with Crippen molar-refractivity contribution >= 4 is 28.9 Å². The third kappa shape index (κ3) is 2.30. The molecule has 2 atom stereocenters. The fourth-order valence-corrected chi connectivity index (χ4v) is 4.26. The normalized spacial score (nSPS) is 24.6. The smallest absolute Gasteiger partial charge is 0.397 e. The topological polar surface area (TPSA) is 21.7 Å². The number of ether oxygens (including phenoxy) is 2. The number of anilines is 1. The van der Waals surface area contributed by atoms with Crippen molar-refractivity contribution in [2.75, 3.05) is 4.90 Å². The Bertz CT molecular complexity index is 1060. The minimum atomic E-state index is -3.56. The number of rotatable bonds is 2. The van der Waals surface area contributed by atoms with Gasteiger partial charge in [0.1, 0.15) is 5.75 Å². The van der Waals surface area contributed by atoms with Crippen LogP contribution in [0.1, 0.15) is 17.4 Å². The summed E-state index contributed by atoms with van der Waals surface area (Å²) in [5.74, 6) is -2.09. The van der Waals surface area contributed by atoms with Crippen LogP contribution in [0.5, 0.6) is 5.75 Å². The van der Waals surface area contributed by atoms with Gasteiger partial charge in [0.2, 0.25) is 0 Å². The van der Waals surface area contributed by atoms with Gasteiger partial charge in [0.15, 0.2) is 6.23 Å². The number of nitrogens with zero attached hydrogens (tertiary/aromatic N) is 1. The van der Waals surface area contributed by atoms with Gasteiger partial charge in [0.25, 0.3) is 0 Å². The van der Waals surface area contributed by atoms with Gasteiger partial charge in [0.05, 0.1) is 10.6 Å². The number of hydrogen-bond donors (Lipinski definition) is 0. The Morgan fingerprint density at radius 3 is 2.36 bits per heavy atom. The van der Waals surface area contributed by atoms with Crippen LogP contribution in [0.25, 0.3) is 0 Å². The highest BCUT2D eigenvalue weighted by atomic mass is 35.5. The summed E-state index contributed by atoms with van der Waals surface area (Å²) in [6, 6.07) is 16.0. The first-order valence-electron chi connectivity index (χ1n) is 8.57. The van der Waals surface area contributed by atoms with Gasteiger partial charge in [-0.1, -0.05) is 59.6 Å². The Morgan fingerprint density at radius 1 is 0.893 bits per heavy atom. The first-order chi connectivity index (χ1) is 13.4. The van der Waals surface area contributed by atoms with E-state index in [0.717, 1.165) is 4.90 Å². The van der Waals surface area contributed by atoms with E-state index in [2.05, 4.69) is 0 Å². The van der Waals surface area contributed by atoms with Gasteiger partial charge in [-0.05, 0) is 36.4 Å². The van der Waals surface area contributed by atoms with Crippen molar-refractivity contribution in [2.24, 2.45) is 0 Å². The largest absolute Gasteiger partial charge is 0.450 e. The first-order valence-corrected chi connectivity index (χ1v) is 9.33. The van der Waals surface area contributed by atoms with Gasteiger partial charge in [0, 0.05) is 16.3 Å². The zero-order chi connectivity index (χ0) is 19.5. The van der Waals surface area contributed by atoms with Crippen LogP contribution in [0.3, 0.4) is 0 Å². The van der Waals surface area contributed by atoms with Crippen molar-refractivity contribution in [2.45, 2.75) is 18.1 Å². The highest BCUT2D eigenvalue weighted by Crippen LogP contribution is 2.62. The van der Waals surface area contributed by atoms with E-state index >= 15 is 8.78 Å². The highest BCUT2D eigenvalue weighted by molar-refractivity contribution is 6.35. The molecule has 0 radical (unpaired) electrons. The maximum absolute atomic E-state index is 16.0. The molecule has 0 aromatic heterocycles. The zero-order valence-corrected chi connectivity index (χ0v) is 15.8. The molecule has 142 valence electrons. The molecule has 0 saturated carbocycles. The molecular weight excluding hydrogens is 407 g/mol. The van der Waals surface area contributed by atoms with Crippen molar-refractivity contribution in [3.63, 3.8) is 0 Å². The molecule has 28 heavy (non-hydrogen) atoms. The number of halogens is 4. The van der Waals surface area contributed by atoms with Gasteiger partial charge in [-0.2, -0.15) is 8.78 Å². The molecule has 0 amide bonds. The van der Waals surface area contributed by atoms with Crippen molar-refractivity contribution in [1.29, 1.82) is 0 Å². The van der Waals surface area contributed by atoms with Gasteiger partial charge in [-0.15, -0.1) is 0 Å². The lowest BCUT2D eigenvalue weighted by atomic mass is 10.0. The van der Waals surface area contributed by atoms with Crippen LogP contribution in [-0.4, -0.2) is 6.05 Å². The minimum absolute atomic E-state index is 0.0153. The zero-order valence-electron chi connectivity index (χ0n) is 14.3. The summed E-state index contributed by atoms with van der Waals surface area (Å²) < 4.78 is 43.8. The summed E-state index contributed by atoms with van der Waals surface area (Å²) in [7, 11) is 0.